The van der Waals surface area contributed by atoms with Gasteiger partial charge in [0.1, 0.15) is 0 Å². The molecule has 1 aromatic rings. The summed E-state index contributed by atoms with van der Waals surface area (Å²) in [5.74, 6) is 6.31. The van der Waals surface area contributed by atoms with Gasteiger partial charge in [-0.25, -0.2) is 0 Å². The maximum absolute atomic E-state index is 5.11. The van der Waals surface area contributed by atoms with E-state index in [-0.39, 0.29) is 0 Å². The molecular formula is C13H16O. The second kappa shape index (κ2) is 6.23. The predicted octanol–water partition coefficient (Wildman–Crippen LogP) is 2.98. The van der Waals surface area contributed by atoms with Crippen LogP contribution in [0.25, 0.3) is 0 Å². The number of benzene rings is 1. The molecule has 0 aromatic heterocycles. The Balaban J connectivity index is 2.80. The third-order valence-corrected chi connectivity index (χ3v) is 1.92. The Morgan fingerprint density at radius 2 is 2.07 bits per heavy atom. The third kappa shape index (κ3) is 3.24. The van der Waals surface area contributed by atoms with Gasteiger partial charge >= 0.3 is 0 Å². The van der Waals surface area contributed by atoms with Gasteiger partial charge in [-0.2, -0.15) is 0 Å². The number of hydrogen-bond donors (Lipinski definition) is 0. The molecule has 0 amide bonds. The molecule has 1 heteroatoms. The van der Waals surface area contributed by atoms with E-state index < -0.39 is 0 Å². The van der Waals surface area contributed by atoms with Gasteiger partial charge in [-0.1, -0.05) is 37.0 Å². The Morgan fingerprint density at radius 3 is 2.79 bits per heavy atom. The van der Waals surface area contributed by atoms with Crippen LogP contribution in [0.1, 0.15) is 30.9 Å². The molecule has 0 aliphatic carbocycles. The molecule has 1 rings (SSSR count). The molecule has 0 heterocycles. The summed E-state index contributed by atoms with van der Waals surface area (Å²) in [6.07, 6.45) is 2.07. The van der Waals surface area contributed by atoms with Crippen LogP contribution in [0, 0.1) is 11.8 Å². The van der Waals surface area contributed by atoms with Crippen LogP contribution in [-0.4, -0.2) is 7.11 Å². The van der Waals surface area contributed by atoms with Gasteiger partial charge in [0.15, 0.2) is 0 Å². The van der Waals surface area contributed by atoms with Crippen molar-refractivity contribution in [2.75, 3.05) is 7.11 Å². The van der Waals surface area contributed by atoms with Crippen LogP contribution in [0.5, 0.6) is 0 Å². The van der Waals surface area contributed by atoms with E-state index in [4.69, 9.17) is 4.74 Å². The molecule has 0 aliphatic heterocycles. The minimum absolute atomic E-state index is 0.636. The first-order chi connectivity index (χ1) is 6.88. The summed E-state index contributed by atoms with van der Waals surface area (Å²) in [7, 11) is 1.70. The lowest BCUT2D eigenvalue weighted by Crippen LogP contribution is -1.91. The quantitative estimate of drug-likeness (QED) is 0.663. The fraction of sp³-hybridized carbons (Fsp3) is 0.385. The zero-order valence-corrected chi connectivity index (χ0v) is 8.84. The van der Waals surface area contributed by atoms with Gasteiger partial charge in [0.25, 0.3) is 0 Å². The van der Waals surface area contributed by atoms with Gasteiger partial charge < -0.3 is 4.74 Å². The summed E-state index contributed by atoms with van der Waals surface area (Å²) < 4.78 is 5.11. The van der Waals surface area contributed by atoms with Crippen molar-refractivity contribution in [2.24, 2.45) is 0 Å². The van der Waals surface area contributed by atoms with E-state index in [0.717, 1.165) is 18.4 Å². The molecule has 0 aliphatic rings. The van der Waals surface area contributed by atoms with Gasteiger partial charge in [0.05, 0.1) is 6.61 Å². The van der Waals surface area contributed by atoms with Crippen molar-refractivity contribution in [3.05, 3.63) is 35.4 Å². The van der Waals surface area contributed by atoms with E-state index in [2.05, 4.69) is 24.8 Å². The Hall–Kier alpha value is -1.26. The number of rotatable bonds is 3. The summed E-state index contributed by atoms with van der Waals surface area (Å²) in [5.41, 5.74) is 2.25. The predicted molar refractivity (Wildman–Crippen MR) is 58.9 cm³/mol. The van der Waals surface area contributed by atoms with Crippen LogP contribution in [-0.2, 0) is 11.3 Å². The highest BCUT2D eigenvalue weighted by Gasteiger charge is 1.96. The van der Waals surface area contributed by atoms with Crippen molar-refractivity contribution in [2.45, 2.75) is 26.4 Å². The molecule has 1 aromatic carbocycles. The van der Waals surface area contributed by atoms with Crippen molar-refractivity contribution in [1.29, 1.82) is 0 Å². The first-order valence-electron chi connectivity index (χ1n) is 4.94. The lowest BCUT2D eigenvalue weighted by Gasteiger charge is -2.01. The lowest BCUT2D eigenvalue weighted by atomic mass is 10.1. The van der Waals surface area contributed by atoms with Crippen molar-refractivity contribution < 1.29 is 4.74 Å². The highest BCUT2D eigenvalue weighted by Crippen LogP contribution is 2.08. The number of unbranched alkanes of at least 4 members (excludes halogenated alkanes) is 1. The SMILES string of the molecule is CCCC#Cc1ccccc1COC. The largest absolute Gasteiger partial charge is 0.380 e. The highest BCUT2D eigenvalue weighted by molar-refractivity contribution is 5.40. The molecule has 0 saturated heterocycles. The molecule has 74 valence electrons. The van der Waals surface area contributed by atoms with Crippen LogP contribution in [0.3, 0.4) is 0 Å². The summed E-state index contributed by atoms with van der Waals surface area (Å²) in [5, 5.41) is 0. The normalized spacial score (nSPS) is 9.29. The van der Waals surface area contributed by atoms with Gasteiger partial charge in [0, 0.05) is 19.1 Å². The van der Waals surface area contributed by atoms with Crippen molar-refractivity contribution in [1.82, 2.24) is 0 Å². The fourth-order valence-electron chi connectivity index (χ4n) is 1.21. The molecule has 0 radical (unpaired) electrons. The molecule has 1 nitrogen and oxygen atoms in total. The molecule has 0 atom stereocenters. The fourth-order valence-corrected chi connectivity index (χ4v) is 1.21. The third-order valence-electron chi connectivity index (χ3n) is 1.92. The van der Waals surface area contributed by atoms with Crippen molar-refractivity contribution in [3.63, 3.8) is 0 Å². The summed E-state index contributed by atoms with van der Waals surface area (Å²) in [4.78, 5) is 0. The first-order valence-corrected chi connectivity index (χ1v) is 4.94. The molecule has 0 N–H and O–H groups in total. The van der Waals surface area contributed by atoms with Crippen LogP contribution >= 0.6 is 0 Å². The molecule has 14 heavy (non-hydrogen) atoms. The standard InChI is InChI=1S/C13H16O/c1-3-4-5-8-12-9-6-7-10-13(12)11-14-2/h6-7,9-10H,3-4,11H2,1-2H3. The van der Waals surface area contributed by atoms with Gasteiger partial charge in [-0.05, 0) is 18.1 Å². The lowest BCUT2D eigenvalue weighted by molar-refractivity contribution is 0.184. The molecule has 0 bridgehead atoms. The molecule has 0 fully saturated rings. The number of hydrogen-bond acceptors (Lipinski definition) is 1. The van der Waals surface area contributed by atoms with Crippen LogP contribution in [0.4, 0.5) is 0 Å². The molecular weight excluding hydrogens is 172 g/mol. The summed E-state index contributed by atoms with van der Waals surface area (Å²) in [6.45, 7) is 2.77. The van der Waals surface area contributed by atoms with Gasteiger partial charge in [0.2, 0.25) is 0 Å². The van der Waals surface area contributed by atoms with Crippen molar-refractivity contribution in [3.8, 4) is 11.8 Å². The monoisotopic (exact) mass is 188 g/mol. The van der Waals surface area contributed by atoms with E-state index >= 15 is 0 Å². The Labute approximate surface area is 86.1 Å². The smallest absolute Gasteiger partial charge is 0.0725 e. The van der Waals surface area contributed by atoms with E-state index in [1.165, 1.54) is 5.56 Å². The van der Waals surface area contributed by atoms with Gasteiger partial charge in [-0.15, -0.1) is 0 Å². The van der Waals surface area contributed by atoms with E-state index in [9.17, 15) is 0 Å². The topological polar surface area (TPSA) is 9.23 Å². The summed E-state index contributed by atoms with van der Waals surface area (Å²) in [6, 6.07) is 8.12. The number of methoxy groups -OCH3 is 1. The zero-order valence-electron chi connectivity index (χ0n) is 8.84. The van der Waals surface area contributed by atoms with Crippen molar-refractivity contribution >= 4 is 0 Å². The van der Waals surface area contributed by atoms with E-state index in [1.54, 1.807) is 7.11 Å². The maximum atomic E-state index is 5.11. The van der Waals surface area contributed by atoms with Crippen LogP contribution < -0.4 is 0 Å². The average Bonchev–Trinajstić information content (AvgIpc) is 2.21. The second-order valence-electron chi connectivity index (χ2n) is 3.14. The number of ether oxygens (including phenoxy) is 1. The zero-order chi connectivity index (χ0) is 10.2. The minimum atomic E-state index is 0.636. The highest BCUT2D eigenvalue weighted by atomic mass is 16.5. The van der Waals surface area contributed by atoms with E-state index in [1.807, 2.05) is 18.2 Å². The Kier molecular flexibility index (Phi) is 4.82. The molecule has 0 spiro atoms. The Morgan fingerprint density at radius 1 is 1.29 bits per heavy atom. The Bertz CT molecular complexity index is 331. The van der Waals surface area contributed by atoms with Crippen LogP contribution in [0.15, 0.2) is 24.3 Å². The molecule has 0 saturated carbocycles. The summed E-state index contributed by atoms with van der Waals surface area (Å²) >= 11 is 0. The first kappa shape index (κ1) is 10.8. The average molecular weight is 188 g/mol. The van der Waals surface area contributed by atoms with Crippen LogP contribution in [0.2, 0.25) is 0 Å². The van der Waals surface area contributed by atoms with E-state index in [0.29, 0.717) is 6.61 Å². The maximum Gasteiger partial charge on any atom is 0.0725 e. The molecule has 0 unspecified atom stereocenters. The minimum Gasteiger partial charge on any atom is -0.380 e. The van der Waals surface area contributed by atoms with Gasteiger partial charge in [-0.3, -0.25) is 0 Å². The second-order valence-corrected chi connectivity index (χ2v) is 3.14.